The fraction of sp³-hybridized carbons (Fsp3) is 0.417. The molecule has 15 heavy (non-hydrogen) atoms. The van der Waals surface area contributed by atoms with Crippen molar-refractivity contribution in [2.45, 2.75) is 24.7 Å². The van der Waals surface area contributed by atoms with Gasteiger partial charge in [-0.25, -0.2) is 0 Å². The molecule has 0 unspecified atom stereocenters. The van der Waals surface area contributed by atoms with E-state index < -0.39 is 0 Å². The molecule has 0 heterocycles. The summed E-state index contributed by atoms with van der Waals surface area (Å²) >= 11 is 3.50. The maximum Gasteiger partial charge on any atom is 0.119 e. The minimum atomic E-state index is -0.284. The van der Waals surface area contributed by atoms with Gasteiger partial charge in [0, 0.05) is 4.47 Å². The third kappa shape index (κ3) is 1.63. The van der Waals surface area contributed by atoms with Crippen molar-refractivity contribution in [3.63, 3.8) is 0 Å². The van der Waals surface area contributed by atoms with Crippen molar-refractivity contribution in [1.82, 2.24) is 0 Å². The fourth-order valence-corrected chi connectivity index (χ4v) is 2.60. The molecular weight excluding hydrogens is 254 g/mol. The smallest absolute Gasteiger partial charge is 0.119 e. The Morgan fingerprint density at radius 1 is 1.47 bits per heavy atom. The van der Waals surface area contributed by atoms with Gasteiger partial charge in [-0.2, -0.15) is 5.26 Å². The first kappa shape index (κ1) is 10.5. The average Bonchev–Trinajstić information content (AvgIpc) is 2.20. The molecule has 78 valence electrons. The summed E-state index contributed by atoms with van der Waals surface area (Å²) in [6, 6.07) is 8.25. The van der Waals surface area contributed by atoms with E-state index in [-0.39, 0.29) is 5.41 Å². The van der Waals surface area contributed by atoms with Crippen molar-refractivity contribution >= 4 is 15.9 Å². The van der Waals surface area contributed by atoms with Crippen LogP contribution in [0.1, 0.15) is 24.8 Å². The van der Waals surface area contributed by atoms with E-state index in [0.29, 0.717) is 0 Å². The molecule has 0 N–H and O–H groups in total. The van der Waals surface area contributed by atoms with Crippen molar-refractivity contribution < 1.29 is 4.74 Å². The molecule has 0 amide bonds. The molecule has 1 aromatic carbocycles. The van der Waals surface area contributed by atoms with Crippen molar-refractivity contribution in [2.75, 3.05) is 7.11 Å². The van der Waals surface area contributed by atoms with Gasteiger partial charge in [-0.1, -0.05) is 15.9 Å². The molecule has 0 saturated heterocycles. The van der Waals surface area contributed by atoms with Gasteiger partial charge in [-0.05, 0) is 43.0 Å². The highest BCUT2D eigenvalue weighted by molar-refractivity contribution is 9.10. The van der Waals surface area contributed by atoms with Crippen LogP contribution in [0.15, 0.2) is 22.7 Å². The number of halogens is 1. The largest absolute Gasteiger partial charge is 0.497 e. The van der Waals surface area contributed by atoms with Crippen molar-refractivity contribution in [2.24, 2.45) is 0 Å². The van der Waals surface area contributed by atoms with E-state index in [1.807, 2.05) is 18.2 Å². The van der Waals surface area contributed by atoms with Crippen molar-refractivity contribution in [3.05, 3.63) is 28.2 Å². The van der Waals surface area contributed by atoms with Crippen molar-refractivity contribution in [3.8, 4) is 11.8 Å². The van der Waals surface area contributed by atoms with E-state index in [0.717, 1.165) is 35.0 Å². The number of nitriles is 1. The van der Waals surface area contributed by atoms with Crippen molar-refractivity contribution in [1.29, 1.82) is 5.26 Å². The lowest BCUT2D eigenvalue weighted by Crippen LogP contribution is -2.32. The van der Waals surface area contributed by atoms with Crippen LogP contribution in [0.5, 0.6) is 5.75 Å². The predicted octanol–water partition coefficient (Wildman–Crippen LogP) is 3.40. The number of hydrogen-bond acceptors (Lipinski definition) is 2. The molecule has 0 radical (unpaired) electrons. The predicted molar refractivity (Wildman–Crippen MR) is 61.8 cm³/mol. The van der Waals surface area contributed by atoms with Crippen LogP contribution in [0.25, 0.3) is 0 Å². The van der Waals surface area contributed by atoms with Gasteiger partial charge < -0.3 is 4.74 Å². The molecule has 2 nitrogen and oxygen atoms in total. The van der Waals surface area contributed by atoms with Gasteiger partial charge in [0.15, 0.2) is 0 Å². The van der Waals surface area contributed by atoms with Crippen LogP contribution in [0.4, 0.5) is 0 Å². The monoisotopic (exact) mass is 265 g/mol. The van der Waals surface area contributed by atoms with Gasteiger partial charge in [-0.15, -0.1) is 0 Å². The molecular formula is C12H12BrNO. The lowest BCUT2D eigenvalue weighted by Gasteiger charge is -2.36. The minimum absolute atomic E-state index is 0.284. The Labute approximate surface area is 98.0 Å². The summed E-state index contributed by atoms with van der Waals surface area (Å²) in [7, 11) is 1.65. The quantitative estimate of drug-likeness (QED) is 0.821. The third-order valence-corrected chi connectivity index (χ3v) is 3.80. The van der Waals surface area contributed by atoms with Gasteiger partial charge in [0.1, 0.15) is 5.75 Å². The second-order valence-corrected chi connectivity index (χ2v) is 4.75. The van der Waals surface area contributed by atoms with E-state index in [9.17, 15) is 5.26 Å². The molecule has 3 heteroatoms. The molecule has 0 aliphatic heterocycles. The highest BCUT2D eigenvalue weighted by Gasteiger charge is 2.40. The molecule has 2 rings (SSSR count). The summed E-state index contributed by atoms with van der Waals surface area (Å²) in [4.78, 5) is 0. The average molecular weight is 266 g/mol. The summed E-state index contributed by atoms with van der Waals surface area (Å²) in [6.45, 7) is 0. The first-order valence-electron chi connectivity index (χ1n) is 4.97. The Morgan fingerprint density at radius 2 is 2.20 bits per heavy atom. The summed E-state index contributed by atoms with van der Waals surface area (Å²) < 4.78 is 6.19. The Kier molecular flexibility index (Phi) is 2.70. The number of benzene rings is 1. The van der Waals surface area contributed by atoms with Crippen LogP contribution in [0.2, 0.25) is 0 Å². The number of nitrogens with zero attached hydrogens (tertiary/aromatic N) is 1. The molecule has 1 saturated carbocycles. The normalized spacial score (nSPS) is 17.7. The van der Waals surface area contributed by atoms with Crippen LogP contribution in [0, 0.1) is 11.3 Å². The topological polar surface area (TPSA) is 33.0 Å². The van der Waals surface area contributed by atoms with Crippen LogP contribution in [-0.2, 0) is 5.41 Å². The standard InChI is InChI=1S/C12H12BrNO/c1-15-9-3-4-11(13)10(7-9)12(8-14)5-2-6-12/h3-4,7H,2,5-6H2,1H3. The number of rotatable bonds is 2. The first-order chi connectivity index (χ1) is 7.22. The van der Waals surface area contributed by atoms with E-state index in [2.05, 4.69) is 22.0 Å². The van der Waals surface area contributed by atoms with Gasteiger partial charge in [0.05, 0.1) is 18.6 Å². The molecule has 1 aliphatic rings. The summed E-state index contributed by atoms with van der Waals surface area (Å²) in [5.41, 5.74) is 0.781. The molecule has 0 aromatic heterocycles. The zero-order valence-electron chi connectivity index (χ0n) is 8.59. The third-order valence-electron chi connectivity index (χ3n) is 3.11. The van der Waals surface area contributed by atoms with Gasteiger partial charge >= 0.3 is 0 Å². The van der Waals surface area contributed by atoms with E-state index in [4.69, 9.17) is 4.74 Å². The lowest BCUT2D eigenvalue weighted by molar-refractivity contribution is 0.321. The Morgan fingerprint density at radius 3 is 2.67 bits per heavy atom. The van der Waals surface area contributed by atoms with E-state index in [1.54, 1.807) is 7.11 Å². The Balaban J connectivity index is 2.47. The lowest BCUT2D eigenvalue weighted by atomic mass is 9.65. The van der Waals surface area contributed by atoms with Crippen LogP contribution >= 0.6 is 15.9 Å². The zero-order chi connectivity index (χ0) is 10.9. The van der Waals surface area contributed by atoms with Crippen LogP contribution in [-0.4, -0.2) is 7.11 Å². The Hall–Kier alpha value is -1.01. The van der Waals surface area contributed by atoms with Gasteiger partial charge in [0.2, 0.25) is 0 Å². The summed E-state index contributed by atoms with van der Waals surface area (Å²) in [6.07, 6.45) is 3.04. The van der Waals surface area contributed by atoms with E-state index in [1.165, 1.54) is 0 Å². The second-order valence-electron chi connectivity index (χ2n) is 3.89. The number of methoxy groups -OCH3 is 1. The highest BCUT2D eigenvalue weighted by atomic mass is 79.9. The number of hydrogen-bond donors (Lipinski definition) is 0. The summed E-state index contributed by atoms with van der Waals surface area (Å²) in [5, 5.41) is 9.27. The minimum Gasteiger partial charge on any atom is -0.497 e. The zero-order valence-corrected chi connectivity index (χ0v) is 10.2. The highest BCUT2D eigenvalue weighted by Crippen LogP contribution is 2.46. The fourth-order valence-electron chi connectivity index (χ4n) is 1.97. The van der Waals surface area contributed by atoms with E-state index >= 15 is 0 Å². The maximum atomic E-state index is 9.27. The first-order valence-corrected chi connectivity index (χ1v) is 5.76. The molecule has 1 aromatic rings. The molecule has 1 aliphatic carbocycles. The molecule has 0 atom stereocenters. The van der Waals surface area contributed by atoms with Gasteiger partial charge in [-0.3, -0.25) is 0 Å². The number of ether oxygens (including phenoxy) is 1. The maximum absolute atomic E-state index is 9.27. The van der Waals surface area contributed by atoms with Crippen LogP contribution in [0.3, 0.4) is 0 Å². The van der Waals surface area contributed by atoms with Crippen LogP contribution < -0.4 is 4.74 Å². The molecule has 1 fully saturated rings. The van der Waals surface area contributed by atoms with Gasteiger partial charge in [0.25, 0.3) is 0 Å². The second kappa shape index (κ2) is 3.86. The summed E-state index contributed by atoms with van der Waals surface area (Å²) in [5.74, 6) is 0.815. The SMILES string of the molecule is COc1ccc(Br)c(C2(C#N)CCC2)c1. The Bertz CT molecular complexity index is 418. The molecule has 0 spiro atoms. The molecule has 0 bridgehead atoms.